The molecule has 5 heteroatoms. The summed E-state index contributed by atoms with van der Waals surface area (Å²) in [7, 11) is 0. The zero-order valence-corrected chi connectivity index (χ0v) is 12.2. The molecule has 98 valence electrons. The highest BCUT2D eigenvalue weighted by molar-refractivity contribution is 6.42. The Bertz CT molecular complexity index is 494. The number of benzene rings is 1. The molecule has 0 aliphatic carbocycles. The fourth-order valence-corrected chi connectivity index (χ4v) is 2.42. The highest BCUT2D eigenvalue weighted by Gasteiger charge is 2.28. The number of carbonyl (C=O) groups excluding carboxylic acids is 1. The van der Waals surface area contributed by atoms with Crippen LogP contribution in [0.15, 0.2) is 12.1 Å². The fourth-order valence-electron chi connectivity index (χ4n) is 2.10. The largest absolute Gasteiger partial charge is 0.364 e. The van der Waals surface area contributed by atoms with Crippen molar-refractivity contribution in [3.8, 4) is 0 Å². The van der Waals surface area contributed by atoms with Gasteiger partial charge in [0.25, 0.3) is 0 Å². The van der Waals surface area contributed by atoms with Crippen LogP contribution >= 0.6 is 23.2 Å². The number of rotatable bonds is 0. The third-order valence-electron chi connectivity index (χ3n) is 2.98. The number of halogens is 2. The summed E-state index contributed by atoms with van der Waals surface area (Å²) >= 11 is 12.1. The Morgan fingerprint density at radius 2 is 1.83 bits per heavy atom. The lowest BCUT2D eigenvalue weighted by Gasteiger charge is -2.37. The number of amides is 1. The Kier molecular flexibility index (Phi) is 3.47. The van der Waals surface area contributed by atoms with E-state index < -0.39 is 0 Å². The van der Waals surface area contributed by atoms with Crippen molar-refractivity contribution in [3.63, 3.8) is 0 Å². The smallest absolute Gasteiger partial charge is 0.226 e. The van der Waals surface area contributed by atoms with Crippen LogP contribution in [0.1, 0.15) is 27.2 Å². The Hall–Kier alpha value is -0.930. The van der Waals surface area contributed by atoms with E-state index in [0.29, 0.717) is 23.0 Å². The van der Waals surface area contributed by atoms with Gasteiger partial charge in [0.1, 0.15) is 0 Å². The van der Waals surface area contributed by atoms with E-state index in [1.807, 2.05) is 6.07 Å². The van der Waals surface area contributed by atoms with Crippen molar-refractivity contribution in [2.45, 2.75) is 32.7 Å². The van der Waals surface area contributed by atoms with Gasteiger partial charge in [-0.3, -0.25) is 4.79 Å². The van der Waals surface area contributed by atoms with Gasteiger partial charge >= 0.3 is 0 Å². The summed E-state index contributed by atoms with van der Waals surface area (Å²) in [5.74, 6) is 0.00129. The van der Waals surface area contributed by atoms with E-state index in [-0.39, 0.29) is 11.4 Å². The second kappa shape index (κ2) is 4.63. The summed E-state index contributed by atoms with van der Waals surface area (Å²) in [6, 6.07) is 3.53. The lowest BCUT2D eigenvalue weighted by molar-refractivity contribution is -0.116. The van der Waals surface area contributed by atoms with Crippen molar-refractivity contribution in [2.75, 3.05) is 16.8 Å². The van der Waals surface area contributed by atoms with Gasteiger partial charge < -0.3 is 10.2 Å². The van der Waals surface area contributed by atoms with E-state index in [4.69, 9.17) is 23.2 Å². The molecule has 1 aromatic rings. The summed E-state index contributed by atoms with van der Waals surface area (Å²) < 4.78 is 0. The highest BCUT2D eigenvalue weighted by Crippen LogP contribution is 2.39. The van der Waals surface area contributed by atoms with Crippen molar-refractivity contribution in [2.24, 2.45) is 0 Å². The number of hydrogen-bond donors (Lipinski definition) is 1. The molecule has 2 rings (SSSR count). The van der Waals surface area contributed by atoms with Crippen molar-refractivity contribution in [3.05, 3.63) is 22.2 Å². The average molecular weight is 287 g/mol. The molecule has 1 amide bonds. The maximum Gasteiger partial charge on any atom is 0.226 e. The van der Waals surface area contributed by atoms with Gasteiger partial charge in [-0.05, 0) is 32.9 Å². The molecular formula is C13H16Cl2N2O. The number of carbonyl (C=O) groups is 1. The summed E-state index contributed by atoms with van der Waals surface area (Å²) in [5, 5.41) is 3.82. The van der Waals surface area contributed by atoms with Crippen molar-refractivity contribution in [1.82, 2.24) is 0 Å². The zero-order chi connectivity index (χ0) is 13.5. The minimum absolute atomic E-state index is 0.00129. The fraction of sp³-hybridized carbons (Fsp3) is 0.462. The molecule has 0 fully saturated rings. The zero-order valence-electron chi connectivity index (χ0n) is 10.7. The monoisotopic (exact) mass is 286 g/mol. The van der Waals surface area contributed by atoms with Gasteiger partial charge in [-0.1, -0.05) is 23.2 Å². The van der Waals surface area contributed by atoms with Crippen molar-refractivity contribution in [1.29, 1.82) is 0 Å². The number of hydrogen-bond acceptors (Lipinski definition) is 2. The maximum atomic E-state index is 11.7. The first kappa shape index (κ1) is 13.5. The van der Waals surface area contributed by atoms with E-state index in [2.05, 4.69) is 31.0 Å². The molecule has 1 heterocycles. The normalized spacial score (nSPS) is 16.1. The van der Waals surface area contributed by atoms with E-state index in [1.165, 1.54) is 0 Å². The van der Waals surface area contributed by atoms with Gasteiger partial charge in [-0.25, -0.2) is 0 Å². The van der Waals surface area contributed by atoms with Crippen LogP contribution in [0.4, 0.5) is 11.4 Å². The molecule has 0 saturated carbocycles. The predicted octanol–water partition coefficient (Wildman–Crippen LogP) is 3.94. The molecule has 0 radical (unpaired) electrons. The number of anilines is 2. The Morgan fingerprint density at radius 1 is 1.22 bits per heavy atom. The van der Waals surface area contributed by atoms with Crippen LogP contribution in [0.25, 0.3) is 0 Å². The van der Waals surface area contributed by atoms with Gasteiger partial charge in [0, 0.05) is 18.5 Å². The molecule has 0 unspecified atom stereocenters. The van der Waals surface area contributed by atoms with Gasteiger partial charge in [-0.2, -0.15) is 0 Å². The minimum atomic E-state index is -0.0851. The SMILES string of the molecule is CC(C)(C)N1CCC(=O)Nc2cc(Cl)c(Cl)cc21. The number of nitrogens with one attached hydrogen (secondary N) is 1. The van der Waals surface area contributed by atoms with Crippen LogP contribution in [0.2, 0.25) is 10.0 Å². The molecule has 0 saturated heterocycles. The first-order valence-electron chi connectivity index (χ1n) is 5.85. The lowest BCUT2D eigenvalue weighted by atomic mass is 10.0. The molecule has 18 heavy (non-hydrogen) atoms. The first-order chi connectivity index (χ1) is 8.29. The van der Waals surface area contributed by atoms with Crippen LogP contribution in [0.5, 0.6) is 0 Å². The molecule has 0 bridgehead atoms. The van der Waals surface area contributed by atoms with Crippen LogP contribution in [0.3, 0.4) is 0 Å². The molecule has 1 aliphatic rings. The average Bonchev–Trinajstić information content (AvgIpc) is 2.37. The predicted molar refractivity (Wildman–Crippen MR) is 76.8 cm³/mol. The standard InChI is InChI=1S/C13H16Cl2N2O/c1-13(2,3)17-5-4-12(18)16-10-6-8(14)9(15)7-11(10)17/h6-7H,4-5H2,1-3H3,(H,16,18). The molecule has 1 aromatic carbocycles. The first-order valence-corrected chi connectivity index (χ1v) is 6.61. The molecule has 3 nitrogen and oxygen atoms in total. The quantitative estimate of drug-likeness (QED) is 0.783. The van der Waals surface area contributed by atoms with Crippen LogP contribution in [0, 0.1) is 0 Å². The van der Waals surface area contributed by atoms with Gasteiger partial charge in [0.2, 0.25) is 5.91 Å². The minimum Gasteiger partial charge on any atom is -0.364 e. The van der Waals surface area contributed by atoms with Crippen molar-refractivity contribution >= 4 is 40.5 Å². The second-order valence-electron chi connectivity index (χ2n) is 5.40. The third kappa shape index (κ3) is 2.57. The number of fused-ring (bicyclic) bond motifs is 1. The Labute approximate surface area is 117 Å². The molecule has 1 aliphatic heterocycles. The van der Waals surface area contributed by atoms with Gasteiger partial charge in [0.15, 0.2) is 0 Å². The molecule has 1 N–H and O–H groups in total. The lowest BCUT2D eigenvalue weighted by Crippen LogP contribution is -2.42. The topological polar surface area (TPSA) is 32.3 Å². The van der Waals surface area contributed by atoms with Crippen molar-refractivity contribution < 1.29 is 4.79 Å². The van der Waals surface area contributed by atoms with E-state index in [9.17, 15) is 4.79 Å². The molecule has 0 atom stereocenters. The second-order valence-corrected chi connectivity index (χ2v) is 6.22. The molecular weight excluding hydrogens is 271 g/mol. The summed E-state index contributed by atoms with van der Waals surface area (Å²) in [6.45, 7) is 6.99. The Balaban J connectivity index is 2.57. The molecule has 0 spiro atoms. The molecule has 0 aromatic heterocycles. The van der Waals surface area contributed by atoms with Crippen LogP contribution in [-0.2, 0) is 4.79 Å². The Morgan fingerprint density at radius 3 is 2.44 bits per heavy atom. The van der Waals surface area contributed by atoms with Crippen LogP contribution < -0.4 is 10.2 Å². The van der Waals surface area contributed by atoms with E-state index in [1.54, 1.807) is 6.07 Å². The van der Waals surface area contributed by atoms with Gasteiger partial charge in [0.05, 0.1) is 21.4 Å². The highest BCUT2D eigenvalue weighted by atomic mass is 35.5. The van der Waals surface area contributed by atoms with Gasteiger partial charge in [-0.15, -0.1) is 0 Å². The van der Waals surface area contributed by atoms with E-state index >= 15 is 0 Å². The van der Waals surface area contributed by atoms with E-state index in [0.717, 1.165) is 11.4 Å². The van der Waals surface area contributed by atoms with Crippen LogP contribution in [-0.4, -0.2) is 18.0 Å². The summed E-state index contributed by atoms with van der Waals surface area (Å²) in [5.41, 5.74) is 1.56. The summed E-state index contributed by atoms with van der Waals surface area (Å²) in [4.78, 5) is 13.9. The maximum absolute atomic E-state index is 11.7. The summed E-state index contributed by atoms with van der Waals surface area (Å²) in [6.07, 6.45) is 0.460. The number of nitrogens with zero attached hydrogens (tertiary/aromatic N) is 1. The third-order valence-corrected chi connectivity index (χ3v) is 3.70.